The van der Waals surface area contributed by atoms with Crippen LogP contribution in [-0.2, 0) is 14.3 Å². The van der Waals surface area contributed by atoms with Crippen molar-refractivity contribution in [3.63, 3.8) is 0 Å². The van der Waals surface area contributed by atoms with E-state index >= 15 is 0 Å². The van der Waals surface area contributed by atoms with Crippen LogP contribution in [0.3, 0.4) is 0 Å². The van der Waals surface area contributed by atoms with Crippen molar-refractivity contribution in [3.8, 4) is 0 Å². The normalized spacial score (nSPS) is 19.1. The first-order valence-electron chi connectivity index (χ1n) is 5.86. The van der Waals surface area contributed by atoms with Gasteiger partial charge in [-0.05, 0) is 25.2 Å². The van der Waals surface area contributed by atoms with Crippen LogP contribution >= 0.6 is 0 Å². The lowest BCUT2D eigenvalue weighted by atomic mass is 9.82. The summed E-state index contributed by atoms with van der Waals surface area (Å²) in [4.78, 5) is 22.2. The lowest BCUT2D eigenvalue weighted by Gasteiger charge is -2.33. The Bertz CT molecular complexity index is 257. The molecule has 0 aromatic carbocycles. The number of nitrogens with one attached hydrogen (secondary N) is 1. The molecule has 0 radical (unpaired) electrons. The van der Waals surface area contributed by atoms with Gasteiger partial charge in [-0.15, -0.1) is 0 Å². The molecule has 0 bridgehead atoms. The fourth-order valence-corrected chi connectivity index (χ4v) is 1.73. The maximum absolute atomic E-state index is 11.4. The lowest BCUT2D eigenvalue weighted by molar-refractivity contribution is -0.125. The Balaban J connectivity index is 2.22. The molecule has 1 heterocycles. The summed E-state index contributed by atoms with van der Waals surface area (Å²) in [6.45, 7) is 5.92. The zero-order valence-corrected chi connectivity index (χ0v) is 10.2. The van der Waals surface area contributed by atoms with Crippen LogP contribution in [0, 0.1) is 5.41 Å². The summed E-state index contributed by atoms with van der Waals surface area (Å²) < 4.78 is 5.29. The number of amides is 1. The van der Waals surface area contributed by atoms with Gasteiger partial charge in [0.05, 0.1) is 0 Å². The van der Waals surface area contributed by atoms with Gasteiger partial charge in [0.15, 0.2) is 0 Å². The van der Waals surface area contributed by atoms with Crippen LogP contribution in [-0.4, -0.2) is 31.4 Å². The van der Waals surface area contributed by atoms with Crippen LogP contribution in [0.2, 0.25) is 0 Å². The van der Waals surface area contributed by atoms with Crippen LogP contribution in [0.4, 0.5) is 0 Å². The van der Waals surface area contributed by atoms with E-state index in [0.717, 1.165) is 26.1 Å². The van der Waals surface area contributed by atoms with Crippen LogP contribution in [0.5, 0.6) is 0 Å². The zero-order chi connectivity index (χ0) is 12.0. The van der Waals surface area contributed by atoms with Crippen LogP contribution in [0.1, 0.15) is 39.5 Å². The molecule has 4 nitrogen and oxygen atoms in total. The molecular weight excluding hydrogens is 206 g/mol. The second kappa shape index (κ2) is 5.99. The molecular formula is C12H21NO3. The summed E-state index contributed by atoms with van der Waals surface area (Å²) in [5.74, 6) is 0.0374. The van der Waals surface area contributed by atoms with E-state index in [-0.39, 0.29) is 17.1 Å². The SMILES string of the molecule is CC(=O)CCC(=O)NCC1(C)CCOCC1. The molecule has 1 rings (SSSR count). The molecule has 1 aliphatic rings. The molecule has 1 aliphatic heterocycles. The summed E-state index contributed by atoms with van der Waals surface area (Å²) in [5, 5.41) is 2.90. The minimum atomic E-state index is -0.0251. The molecule has 0 aromatic rings. The maximum atomic E-state index is 11.4. The van der Waals surface area contributed by atoms with Crippen LogP contribution in [0.15, 0.2) is 0 Å². The predicted molar refractivity (Wildman–Crippen MR) is 61.1 cm³/mol. The molecule has 0 spiro atoms. The van der Waals surface area contributed by atoms with Crippen LogP contribution < -0.4 is 5.32 Å². The van der Waals surface area contributed by atoms with E-state index < -0.39 is 0 Å². The Labute approximate surface area is 96.7 Å². The second-order valence-corrected chi connectivity index (χ2v) is 4.90. The lowest BCUT2D eigenvalue weighted by Crippen LogP contribution is -2.39. The maximum Gasteiger partial charge on any atom is 0.220 e. The van der Waals surface area contributed by atoms with Crippen molar-refractivity contribution < 1.29 is 14.3 Å². The van der Waals surface area contributed by atoms with E-state index in [4.69, 9.17) is 4.74 Å². The molecule has 1 N–H and O–H groups in total. The predicted octanol–water partition coefficient (Wildman–Crippen LogP) is 1.29. The van der Waals surface area contributed by atoms with E-state index in [1.165, 1.54) is 6.92 Å². The van der Waals surface area contributed by atoms with E-state index in [9.17, 15) is 9.59 Å². The third-order valence-corrected chi connectivity index (χ3v) is 3.12. The Kier molecular flexibility index (Phi) is 4.93. The highest BCUT2D eigenvalue weighted by Gasteiger charge is 2.27. The number of ether oxygens (including phenoxy) is 1. The van der Waals surface area contributed by atoms with Crippen molar-refractivity contribution in [2.45, 2.75) is 39.5 Å². The summed E-state index contributed by atoms with van der Waals surface area (Å²) in [5.41, 5.74) is 0.157. The van der Waals surface area contributed by atoms with E-state index in [1.54, 1.807) is 0 Å². The average molecular weight is 227 g/mol. The Hall–Kier alpha value is -0.900. The monoisotopic (exact) mass is 227 g/mol. The number of carbonyl (C=O) groups excluding carboxylic acids is 2. The topological polar surface area (TPSA) is 55.4 Å². The highest BCUT2D eigenvalue weighted by molar-refractivity contribution is 5.83. The van der Waals surface area contributed by atoms with Gasteiger partial charge in [0.2, 0.25) is 5.91 Å². The second-order valence-electron chi connectivity index (χ2n) is 4.90. The number of Topliss-reactive ketones (excluding diaryl/α,β-unsaturated/α-hetero) is 1. The molecule has 1 fully saturated rings. The quantitative estimate of drug-likeness (QED) is 0.770. The molecule has 0 aromatic heterocycles. The number of carbonyl (C=O) groups is 2. The summed E-state index contributed by atoms with van der Waals surface area (Å²) in [7, 11) is 0. The first-order chi connectivity index (χ1) is 7.52. The third kappa shape index (κ3) is 4.75. The van der Waals surface area contributed by atoms with Gasteiger partial charge in [-0.3, -0.25) is 4.79 Å². The number of hydrogen-bond acceptors (Lipinski definition) is 3. The van der Waals surface area contributed by atoms with Gasteiger partial charge in [0.1, 0.15) is 5.78 Å². The van der Waals surface area contributed by atoms with Crippen molar-refractivity contribution in [1.29, 1.82) is 0 Å². The first-order valence-corrected chi connectivity index (χ1v) is 5.86. The number of hydrogen-bond donors (Lipinski definition) is 1. The van der Waals surface area contributed by atoms with Crippen molar-refractivity contribution in [2.75, 3.05) is 19.8 Å². The van der Waals surface area contributed by atoms with Crippen molar-refractivity contribution in [2.24, 2.45) is 5.41 Å². The van der Waals surface area contributed by atoms with Gasteiger partial charge in [-0.1, -0.05) is 6.92 Å². The molecule has 0 aliphatic carbocycles. The highest BCUT2D eigenvalue weighted by atomic mass is 16.5. The minimum absolute atomic E-state index is 0.0251. The highest BCUT2D eigenvalue weighted by Crippen LogP contribution is 2.28. The molecule has 1 saturated heterocycles. The fraction of sp³-hybridized carbons (Fsp3) is 0.833. The molecule has 16 heavy (non-hydrogen) atoms. The van der Waals surface area contributed by atoms with Crippen molar-refractivity contribution in [3.05, 3.63) is 0 Å². The minimum Gasteiger partial charge on any atom is -0.381 e. The Morgan fingerprint density at radius 1 is 1.25 bits per heavy atom. The van der Waals surface area contributed by atoms with Gasteiger partial charge in [-0.2, -0.15) is 0 Å². The van der Waals surface area contributed by atoms with Crippen molar-refractivity contribution in [1.82, 2.24) is 5.32 Å². The zero-order valence-electron chi connectivity index (χ0n) is 10.2. The van der Waals surface area contributed by atoms with Gasteiger partial charge in [-0.25, -0.2) is 0 Å². The molecule has 4 heteroatoms. The molecule has 0 unspecified atom stereocenters. The van der Waals surface area contributed by atoms with Gasteiger partial charge in [0, 0.05) is 32.6 Å². The van der Waals surface area contributed by atoms with Gasteiger partial charge in [0.25, 0.3) is 0 Å². The third-order valence-electron chi connectivity index (χ3n) is 3.12. The average Bonchev–Trinajstić information content (AvgIpc) is 2.25. The first kappa shape index (κ1) is 13.2. The van der Waals surface area contributed by atoms with Crippen LogP contribution in [0.25, 0.3) is 0 Å². The van der Waals surface area contributed by atoms with Gasteiger partial charge >= 0.3 is 0 Å². The Morgan fingerprint density at radius 2 is 1.88 bits per heavy atom. The number of ketones is 1. The summed E-state index contributed by atoms with van der Waals surface area (Å²) >= 11 is 0. The van der Waals surface area contributed by atoms with Crippen molar-refractivity contribution >= 4 is 11.7 Å². The molecule has 0 atom stereocenters. The summed E-state index contributed by atoms with van der Waals surface area (Å²) in [6.07, 6.45) is 2.62. The Morgan fingerprint density at radius 3 is 2.44 bits per heavy atom. The molecule has 0 saturated carbocycles. The molecule has 1 amide bonds. The van der Waals surface area contributed by atoms with E-state index in [2.05, 4.69) is 12.2 Å². The van der Waals surface area contributed by atoms with E-state index in [1.807, 2.05) is 0 Å². The standard InChI is InChI=1S/C12H21NO3/c1-10(14)3-4-11(15)13-9-12(2)5-7-16-8-6-12/h3-9H2,1-2H3,(H,13,15). The smallest absolute Gasteiger partial charge is 0.220 e. The van der Waals surface area contributed by atoms with Gasteiger partial charge < -0.3 is 14.8 Å². The molecule has 92 valence electrons. The number of rotatable bonds is 5. The largest absolute Gasteiger partial charge is 0.381 e. The fourth-order valence-electron chi connectivity index (χ4n) is 1.73. The van der Waals surface area contributed by atoms with E-state index in [0.29, 0.717) is 19.4 Å². The summed E-state index contributed by atoms with van der Waals surface area (Å²) in [6, 6.07) is 0.